The lowest BCUT2D eigenvalue weighted by atomic mass is 9.99. The normalized spacial score (nSPS) is 15.9. The first-order chi connectivity index (χ1) is 15.3. The third-order valence-corrected chi connectivity index (χ3v) is 5.44. The molecule has 5 nitrogen and oxygen atoms in total. The molecule has 1 aliphatic rings. The Morgan fingerprint density at radius 1 is 1.12 bits per heavy atom. The lowest BCUT2D eigenvalue weighted by Crippen LogP contribution is -2.26. The Bertz CT molecular complexity index is 1130. The summed E-state index contributed by atoms with van der Waals surface area (Å²) in [4.78, 5) is 23.7. The highest BCUT2D eigenvalue weighted by molar-refractivity contribution is 6.12. The molecule has 0 spiro atoms. The Balaban J connectivity index is 1.78. The average molecular weight is 440 g/mol. The van der Waals surface area contributed by atoms with E-state index in [1.54, 1.807) is 17.2 Å². The number of hydrogen-bond acceptors (Lipinski definition) is 4. The van der Waals surface area contributed by atoms with E-state index in [1.165, 1.54) is 12.3 Å². The Kier molecular flexibility index (Phi) is 6.12. The van der Waals surface area contributed by atoms with Crippen LogP contribution in [-0.2, 0) is 0 Å². The van der Waals surface area contributed by atoms with E-state index in [1.807, 2.05) is 19.9 Å². The molecule has 0 bridgehead atoms. The number of carbonyl (C=O) groups is 1. The molecule has 3 aromatic rings. The number of anilines is 2. The zero-order valence-corrected chi connectivity index (χ0v) is 17.8. The highest BCUT2D eigenvalue weighted by Crippen LogP contribution is 2.34. The van der Waals surface area contributed by atoms with Gasteiger partial charge >= 0.3 is 0 Å². The number of amides is 1. The van der Waals surface area contributed by atoms with Gasteiger partial charge in [0.05, 0.1) is 24.0 Å². The largest absolute Gasteiger partial charge is 0.353 e. The van der Waals surface area contributed by atoms with Gasteiger partial charge in [-0.25, -0.2) is 18.2 Å². The number of hydrogen-bond donors (Lipinski definition) is 1. The van der Waals surface area contributed by atoms with Gasteiger partial charge in [0.25, 0.3) is 5.91 Å². The molecule has 1 unspecified atom stereocenters. The second kappa shape index (κ2) is 8.98. The molecule has 8 heteroatoms. The van der Waals surface area contributed by atoms with Crippen molar-refractivity contribution >= 4 is 17.4 Å². The minimum atomic E-state index is -1.05. The Hall–Kier alpha value is -3.42. The van der Waals surface area contributed by atoms with Gasteiger partial charge in [-0.3, -0.25) is 9.78 Å². The fourth-order valence-electron chi connectivity index (χ4n) is 3.77. The van der Waals surface area contributed by atoms with Crippen molar-refractivity contribution < 1.29 is 18.0 Å². The summed E-state index contributed by atoms with van der Waals surface area (Å²) < 4.78 is 42.4. The Morgan fingerprint density at radius 2 is 1.94 bits per heavy atom. The number of halogens is 3. The van der Waals surface area contributed by atoms with E-state index in [-0.39, 0.29) is 35.0 Å². The zero-order valence-electron chi connectivity index (χ0n) is 17.8. The van der Waals surface area contributed by atoms with Crippen LogP contribution in [-0.4, -0.2) is 35.1 Å². The summed E-state index contributed by atoms with van der Waals surface area (Å²) in [5, 5.41) is 2.77. The molecule has 4 rings (SSSR count). The van der Waals surface area contributed by atoms with Crippen LogP contribution in [0, 0.1) is 11.6 Å². The van der Waals surface area contributed by atoms with Gasteiger partial charge in [-0.2, -0.15) is 0 Å². The summed E-state index contributed by atoms with van der Waals surface area (Å²) >= 11 is 0. The van der Waals surface area contributed by atoms with Gasteiger partial charge in [0.1, 0.15) is 23.6 Å². The van der Waals surface area contributed by atoms with Crippen LogP contribution >= 0.6 is 0 Å². The van der Waals surface area contributed by atoms with Crippen LogP contribution in [0.15, 0.2) is 48.8 Å². The standard InChI is InChI=1S/C24H23F3N4O/c1-14(2)21-6-4-17(12-29-21)30-24(32)22-18(19-11-15(25)3-5-20(19)27)7-9-28-23(22)31-10-8-16(26)13-31/h3-7,9,11-12,14,16H,8,10,13H2,1-2H3,(H,30,32). The topological polar surface area (TPSA) is 58.1 Å². The molecular weight excluding hydrogens is 417 g/mol. The molecular formula is C24H23F3N4O. The van der Waals surface area contributed by atoms with Crippen LogP contribution in [0.25, 0.3) is 11.1 Å². The summed E-state index contributed by atoms with van der Waals surface area (Å²) in [5.41, 5.74) is 1.49. The van der Waals surface area contributed by atoms with Crippen molar-refractivity contribution in [3.8, 4) is 11.1 Å². The SMILES string of the molecule is CC(C)c1ccc(NC(=O)c2c(-c3cc(F)ccc3F)ccnc2N2CCC(F)C2)cn1. The van der Waals surface area contributed by atoms with Crippen LogP contribution in [0.5, 0.6) is 0 Å². The highest BCUT2D eigenvalue weighted by Gasteiger charge is 2.29. The molecule has 1 aliphatic heterocycles. The minimum Gasteiger partial charge on any atom is -0.353 e. The van der Waals surface area contributed by atoms with E-state index in [0.29, 0.717) is 18.7 Å². The van der Waals surface area contributed by atoms with Crippen LogP contribution < -0.4 is 10.2 Å². The van der Waals surface area contributed by atoms with E-state index in [0.717, 1.165) is 23.9 Å². The number of nitrogens with zero attached hydrogens (tertiary/aromatic N) is 3. The molecule has 1 saturated heterocycles. The molecule has 2 aromatic heterocycles. The summed E-state index contributed by atoms with van der Waals surface area (Å²) in [6.07, 6.45) is 2.22. The van der Waals surface area contributed by atoms with Gasteiger partial charge in [-0.05, 0) is 48.7 Å². The number of pyridine rings is 2. The predicted molar refractivity (Wildman–Crippen MR) is 118 cm³/mol. The smallest absolute Gasteiger partial charge is 0.260 e. The molecule has 0 radical (unpaired) electrons. The van der Waals surface area contributed by atoms with Gasteiger partial charge in [0.15, 0.2) is 0 Å². The van der Waals surface area contributed by atoms with Gasteiger partial charge in [-0.1, -0.05) is 13.8 Å². The number of nitrogens with one attached hydrogen (secondary N) is 1. The zero-order chi connectivity index (χ0) is 22.8. The van der Waals surface area contributed by atoms with E-state index in [2.05, 4.69) is 15.3 Å². The van der Waals surface area contributed by atoms with Crippen molar-refractivity contribution in [2.24, 2.45) is 0 Å². The third-order valence-electron chi connectivity index (χ3n) is 5.44. The first kappa shape index (κ1) is 21.8. The van der Waals surface area contributed by atoms with Crippen molar-refractivity contribution in [2.75, 3.05) is 23.3 Å². The molecule has 3 heterocycles. The molecule has 1 N–H and O–H groups in total. The first-order valence-electron chi connectivity index (χ1n) is 10.4. The van der Waals surface area contributed by atoms with Crippen molar-refractivity contribution in [1.29, 1.82) is 0 Å². The van der Waals surface area contributed by atoms with Crippen LogP contribution in [0.3, 0.4) is 0 Å². The average Bonchev–Trinajstić information content (AvgIpc) is 3.21. The van der Waals surface area contributed by atoms with Crippen molar-refractivity contribution in [1.82, 2.24) is 9.97 Å². The van der Waals surface area contributed by atoms with Crippen LogP contribution in [0.1, 0.15) is 42.2 Å². The maximum atomic E-state index is 14.6. The number of rotatable bonds is 5. The summed E-state index contributed by atoms with van der Waals surface area (Å²) in [6, 6.07) is 8.05. The number of carbonyl (C=O) groups excluding carboxylic acids is 1. The fraction of sp³-hybridized carbons (Fsp3) is 0.292. The van der Waals surface area contributed by atoms with Crippen LogP contribution in [0.2, 0.25) is 0 Å². The van der Waals surface area contributed by atoms with Crippen molar-refractivity contribution in [3.05, 3.63) is 71.7 Å². The summed E-state index contributed by atoms with van der Waals surface area (Å²) in [7, 11) is 0. The molecule has 1 aromatic carbocycles. The van der Waals surface area contributed by atoms with E-state index >= 15 is 0 Å². The molecule has 166 valence electrons. The maximum Gasteiger partial charge on any atom is 0.260 e. The second-order valence-corrected chi connectivity index (χ2v) is 8.09. The first-order valence-corrected chi connectivity index (χ1v) is 10.4. The quantitative estimate of drug-likeness (QED) is 0.581. The number of alkyl halides is 1. The number of benzene rings is 1. The maximum absolute atomic E-state index is 14.6. The molecule has 1 atom stereocenters. The summed E-state index contributed by atoms with van der Waals surface area (Å²) in [5.74, 6) is -1.41. The molecule has 1 fully saturated rings. The molecule has 32 heavy (non-hydrogen) atoms. The fourth-order valence-corrected chi connectivity index (χ4v) is 3.77. The summed E-state index contributed by atoms with van der Waals surface area (Å²) in [6.45, 7) is 4.47. The van der Waals surface area contributed by atoms with Gasteiger partial charge < -0.3 is 10.2 Å². The molecule has 0 saturated carbocycles. The van der Waals surface area contributed by atoms with Crippen LogP contribution in [0.4, 0.5) is 24.7 Å². The van der Waals surface area contributed by atoms with Crippen molar-refractivity contribution in [2.45, 2.75) is 32.4 Å². The van der Waals surface area contributed by atoms with Gasteiger partial charge in [0, 0.05) is 29.6 Å². The second-order valence-electron chi connectivity index (χ2n) is 8.09. The Labute approximate surface area is 184 Å². The van der Waals surface area contributed by atoms with E-state index < -0.39 is 23.7 Å². The van der Waals surface area contributed by atoms with E-state index in [9.17, 15) is 18.0 Å². The highest BCUT2D eigenvalue weighted by atomic mass is 19.1. The van der Waals surface area contributed by atoms with Gasteiger partial charge in [0.2, 0.25) is 0 Å². The lowest BCUT2D eigenvalue weighted by molar-refractivity contribution is 0.102. The van der Waals surface area contributed by atoms with Crippen molar-refractivity contribution in [3.63, 3.8) is 0 Å². The molecule has 0 aliphatic carbocycles. The van der Waals surface area contributed by atoms with Gasteiger partial charge in [-0.15, -0.1) is 0 Å². The predicted octanol–water partition coefficient (Wildman–Crippen LogP) is 5.35. The monoisotopic (exact) mass is 440 g/mol. The minimum absolute atomic E-state index is 0.0547. The Morgan fingerprint density at radius 3 is 2.59 bits per heavy atom. The third kappa shape index (κ3) is 4.44. The molecule has 1 amide bonds. The van der Waals surface area contributed by atoms with E-state index in [4.69, 9.17) is 0 Å². The lowest BCUT2D eigenvalue weighted by Gasteiger charge is -2.22. The number of aromatic nitrogens is 2.